The molecule has 0 aliphatic carbocycles. The molecule has 16 heavy (non-hydrogen) atoms. The summed E-state index contributed by atoms with van der Waals surface area (Å²) in [5.41, 5.74) is 1.06. The first-order chi connectivity index (χ1) is 7.84. The molecule has 1 atom stereocenters. The van der Waals surface area contributed by atoms with Crippen molar-refractivity contribution in [3.8, 4) is 0 Å². The quantitative estimate of drug-likeness (QED) is 0.644. The molecule has 2 rings (SSSR count). The van der Waals surface area contributed by atoms with Gasteiger partial charge in [-0.2, -0.15) is 0 Å². The molecule has 0 saturated carbocycles. The molecule has 3 N–H and O–H groups in total. The summed E-state index contributed by atoms with van der Waals surface area (Å²) in [5.74, 6) is 0.765. The molecular weight excluding hydrogens is 204 g/mol. The van der Waals surface area contributed by atoms with Crippen LogP contribution in [-0.2, 0) is 6.42 Å². The Morgan fingerprint density at radius 1 is 1.50 bits per heavy atom. The minimum Gasteiger partial charge on any atom is -0.389 e. The van der Waals surface area contributed by atoms with Crippen molar-refractivity contribution in [3.05, 3.63) is 30.1 Å². The maximum Gasteiger partial charge on any atom is 0.191 e. The monoisotopic (exact) mass is 220 g/mol. The molecule has 5 nitrogen and oxygen atoms in total. The molecule has 1 aromatic rings. The molecule has 1 aliphatic rings. The Labute approximate surface area is 94.6 Å². The fraction of sp³-hybridized carbons (Fsp3) is 0.455. The molecule has 0 fully saturated rings. The lowest BCUT2D eigenvalue weighted by molar-refractivity contribution is 0.180. The van der Waals surface area contributed by atoms with Crippen LogP contribution in [0.5, 0.6) is 0 Å². The van der Waals surface area contributed by atoms with Crippen molar-refractivity contribution >= 4 is 5.96 Å². The lowest BCUT2D eigenvalue weighted by Gasteiger charge is -2.19. The van der Waals surface area contributed by atoms with Gasteiger partial charge in [0.15, 0.2) is 5.96 Å². The third-order valence-electron chi connectivity index (χ3n) is 2.37. The topological polar surface area (TPSA) is 69.5 Å². The van der Waals surface area contributed by atoms with E-state index in [1.54, 1.807) is 6.20 Å². The van der Waals surface area contributed by atoms with Gasteiger partial charge in [-0.3, -0.25) is 9.98 Å². The van der Waals surface area contributed by atoms with Crippen LogP contribution in [0.15, 0.2) is 29.4 Å². The number of β-amino-alcohol motifs (C(OH)–C–C–N with tert-alkyl or cyclic N) is 1. The molecule has 1 unspecified atom stereocenters. The number of rotatable bonds is 3. The van der Waals surface area contributed by atoms with Gasteiger partial charge >= 0.3 is 0 Å². The van der Waals surface area contributed by atoms with E-state index in [-0.39, 0.29) is 6.10 Å². The Bertz CT molecular complexity index is 352. The number of aliphatic hydroxyl groups excluding tert-OH is 1. The molecule has 1 aliphatic heterocycles. The molecule has 0 amide bonds. The van der Waals surface area contributed by atoms with Crippen LogP contribution in [0, 0.1) is 0 Å². The number of pyridine rings is 1. The van der Waals surface area contributed by atoms with E-state index in [0.717, 1.165) is 24.6 Å². The number of hydrogen-bond donors (Lipinski definition) is 3. The summed E-state index contributed by atoms with van der Waals surface area (Å²) in [4.78, 5) is 8.40. The Morgan fingerprint density at radius 2 is 2.44 bits per heavy atom. The normalized spacial score (nSPS) is 19.8. The first-order valence-electron chi connectivity index (χ1n) is 5.45. The predicted octanol–water partition coefficient (Wildman–Crippen LogP) is -0.466. The number of nitrogens with one attached hydrogen (secondary N) is 2. The van der Waals surface area contributed by atoms with Crippen molar-refractivity contribution in [2.45, 2.75) is 12.5 Å². The van der Waals surface area contributed by atoms with Crippen LogP contribution < -0.4 is 10.6 Å². The van der Waals surface area contributed by atoms with Crippen molar-refractivity contribution in [3.63, 3.8) is 0 Å². The van der Waals surface area contributed by atoms with Crippen LogP contribution in [0.25, 0.3) is 0 Å². The fourth-order valence-electron chi connectivity index (χ4n) is 1.50. The van der Waals surface area contributed by atoms with Crippen LogP contribution in [0.4, 0.5) is 0 Å². The second kappa shape index (κ2) is 5.46. The van der Waals surface area contributed by atoms with Crippen LogP contribution >= 0.6 is 0 Å². The van der Waals surface area contributed by atoms with Gasteiger partial charge in [-0.15, -0.1) is 0 Å². The summed E-state index contributed by atoms with van der Waals surface area (Å²) in [5, 5.41) is 15.4. The summed E-state index contributed by atoms with van der Waals surface area (Å²) < 4.78 is 0. The largest absolute Gasteiger partial charge is 0.389 e. The maximum absolute atomic E-state index is 9.22. The van der Waals surface area contributed by atoms with Gasteiger partial charge in [-0.1, -0.05) is 6.07 Å². The molecular formula is C11H16N4O. The minimum atomic E-state index is -0.360. The highest BCUT2D eigenvalue weighted by molar-refractivity contribution is 5.80. The number of aromatic nitrogens is 1. The van der Waals surface area contributed by atoms with E-state index in [1.165, 1.54) is 0 Å². The van der Waals surface area contributed by atoms with Gasteiger partial charge in [0.2, 0.25) is 0 Å². The highest BCUT2D eigenvalue weighted by Crippen LogP contribution is 1.94. The van der Waals surface area contributed by atoms with Crippen molar-refractivity contribution in [1.29, 1.82) is 0 Å². The summed E-state index contributed by atoms with van der Waals surface area (Å²) >= 11 is 0. The average molecular weight is 220 g/mol. The maximum atomic E-state index is 9.22. The molecule has 0 radical (unpaired) electrons. The molecule has 0 spiro atoms. The number of hydrogen-bond acceptors (Lipinski definition) is 5. The predicted molar refractivity (Wildman–Crippen MR) is 62.3 cm³/mol. The molecule has 0 saturated heterocycles. The average Bonchev–Trinajstić information content (AvgIpc) is 2.33. The van der Waals surface area contributed by atoms with E-state index in [2.05, 4.69) is 20.6 Å². The highest BCUT2D eigenvalue weighted by atomic mass is 16.3. The number of nitrogens with zero attached hydrogens (tertiary/aromatic N) is 2. The van der Waals surface area contributed by atoms with Gasteiger partial charge < -0.3 is 15.7 Å². The zero-order valence-corrected chi connectivity index (χ0v) is 9.06. The second-order valence-corrected chi connectivity index (χ2v) is 3.72. The van der Waals surface area contributed by atoms with Crippen LogP contribution in [0.3, 0.4) is 0 Å². The van der Waals surface area contributed by atoms with Gasteiger partial charge in [0.1, 0.15) is 0 Å². The Balaban J connectivity index is 1.72. The summed E-state index contributed by atoms with van der Waals surface area (Å²) in [6.07, 6.45) is 2.30. The minimum absolute atomic E-state index is 0.360. The molecule has 1 aromatic heterocycles. The molecule has 5 heteroatoms. The fourth-order valence-corrected chi connectivity index (χ4v) is 1.50. The zero-order chi connectivity index (χ0) is 11.2. The lowest BCUT2D eigenvalue weighted by atomic mass is 10.3. The van der Waals surface area contributed by atoms with Crippen molar-refractivity contribution in [1.82, 2.24) is 15.6 Å². The zero-order valence-electron chi connectivity index (χ0n) is 9.06. The summed E-state index contributed by atoms with van der Waals surface area (Å²) in [6.45, 7) is 1.83. The molecule has 86 valence electrons. The van der Waals surface area contributed by atoms with E-state index < -0.39 is 0 Å². The van der Waals surface area contributed by atoms with Crippen LogP contribution in [-0.4, -0.2) is 41.8 Å². The van der Waals surface area contributed by atoms with E-state index in [4.69, 9.17) is 0 Å². The molecule has 0 aromatic carbocycles. The third-order valence-corrected chi connectivity index (χ3v) is 2.37. The van der Waals surface area contributed by atoms with Crippen LogP contribution in [0.2, 0.25) is 0 Å². The molecule has 2 heterocycles. The Kier molecular flexibility index (Phi) is 3.71. The van der Waals surface area contributed by atoms with Gasteiger partial charge in [-0.05, 0) is 12.1 Å². The first kappa shape index (κ1) is 10.9. The van der Waals surface area contributed by atoms with Gasteiger partial charge in [-0.25, -0.2) is 0 Å². The van der Waals surface area contributed by atoms with E-state index in [1.807, 2.05) is 18.2 Å². The molecule has 0 bridgehead atoms. The van der Waals surface area contributed by atoms with Crippen molar-refractivity contribution < 1.29 is 5.11 Å². The first-order valence-corrected chi connectivity index (χ1v) is 5.45. The number of aliphatic hydroxyl groups is 1. The summed E-state index contributed by atoms with van der Waals surface area (Å²) in [6, 6.07) is 5.89. The smallest absolute Gasteiger partial charge is 0.191 e. The van der Waals surface area contributed by atoms with Crippen molar-refractivity contribution in [2.24, 2.45) is 4.99 Å². The van der Waals surface area contributed by atoms with E-state index in [9.17, 15) is 5.11 Å². The van der Waals surface area contributed by atoms with E-state index in [0.29, 0.717) is 13.1 Å². The lowest BCUT2D eigenvalue weighted by Crippen LogP contribution is -2.46. The highest BCUT2D eigenvalue weighted by Gasteiger charge is 2.10. The van der Waals surface area contributed by atoms with Gasteiger partial charge in [0.05, 0.1) is 12.6 Å². The standard InChI is InChI=1S/C11H16N4O/c16-10-7-14-11(15-8-10)13-6-4-9-3-1-2-5-12-9/h1-3,5,10,16H,4,6-8H2,(H2,13,14,15). The summed E-state index contributed by atoms with van der Waals surface area (Å²) in [7, 11) is 0. The van der Waals surface area contributed by atoms with Gasteiger partial charge in [0, 0.05) is 31.4 Å². The van der Waals surface area contributed by atoms with E-state index >= 15 is 0 Å². The Morgan fingerprint density at radius 3 is 3.12 bits per heavy atom. The number of guanidine groups is 1. The number of aliphatic imine (C=N–C) groups is 1. The van der Waals surface area contributed by atoms with Gasteiger partial charge in [0.25, 0.3) is 0 Å². The van der Waals surface area contributed by atoms with Crippen LogP contribution in [0.1, 0.15) is 5.69 Å². The van der Waals surface area contributed by atoms with Crippen molar-refractivity contribution in [2.75, 3.05) is 19.6 Å². The third kappa shape index (κ3) is 3.20. The SMILES string of the molecule is OC1CN=C(NCCc2ccccn2)NC1. The second-order valence-electron chi connectivity index (χ2n) is 3.72. The Hall–Kier alpha value is -1.62.